The van der Waals surface area contributed by atoms with Crippen molar-refractivity contribution in [2.45, 2.75) is 6.42 Å². The van der Waals surface area contributed by atoms with E-state index in [0.717, 1.165) is 15.8 Å². The summed E-state index contributed by atoms with van der Waals surface area (Å²) < 4.78 is 0. The van der Waals surface area contributed by atoms with E-state index in [1.165, 1.54) is 0 Å². The van der Waals surface area contributed by atoms with Crippen LogP contribution in [0.15, 0.2) is 59.8 Å². The number of anilines is 1. The lowest BCUT2D eigenvalue weighted by atomic mass is 9.95. The van der Waals surface area contributed by atoms with Crippen molar-refractivity contribution < 1.29 is 14.4 Å². The SMILES string of the molecule is O=C(CCN1C(=O)N=C2C=CC=CC2C1=O)Nc1ccc2[nH]ccc2c1. The van der Waals surface area contributed by atoms with Crippen LogP contribution in [0.2, 0.25) is 0 Å². The molecule has 7 nitrogen and oxygen atoms in total. The average molecular weight is 348 g/mol. The Bertz CT molecular complexity index is 999. The number of hydrogen-bond acceptors (Lipinski definition) is 3. The van der Waals surface area contributed by atoms with Gasteiger partial charge in [0.25, 0.3) is 0 Å². The molecule has 7 heteroatoms. The highest BCUT2D eigenvalue weighted by Gasteiger charge is 2.35. The number of carbonyl (C=O) groups is 3. The molecule has 26 heavy (non-hydrogen) atoms. The third-order valence-corrected chi connectivity index (χ3v) is 4.39. The van der Waals surface area contributed by atoms with E-state index in [0.29, 0.717) is 11.4 Å². The molecular formula is C19H16N4O3. The van der Waals surface area contributed by atoms with E-state index in [1.807, 2.05) is 24.4 Å². The number of hydrogen-bond donors (Lipinski definition) is 2. The van der Waals surface area contributed by atoms with E-state index in [-0.39, 0.29) is 24.8 Å². The second-order valence-corrected chi connectivity index (χ2v) is 6.11. The molecule has 2 aromatic rings. The molecule has 1 aliphatic heterocycles. The molecule has 1 aromatic carbocycles. The zero-order chi connectivity index (χ0) is 18.1. The van der Waals surface area contributed by atoms with E-state index >= 15 is 0 Å². The van der Waals surface area contributed by atoms with Crippen LogP contribution in [-0.4, -0.2) is 40.0 Å². The molecule has 4 amide bonds. The maximum absolute atomic E-state index is 12.5. The molecule has 2 N–H and O–H groups in total. The molecule has 1 unspecified atom stereocenters. The molecule has 1 atom stereocenters. The summed E-state index contributed by atoms with van der Waals surface area (Å²) in [5, 5.41) is 3.78. The predicted octanol–water partition coefficient (Wildman–Crippen LogP) is 2.64. The van der Waals surface area contributed by atoms with E-state index in [9.17, 15) is 14.4 Å². The van der Waals surface area contributed by atoms with Gasteiger partial charge in [-0.25, -0.2) is 4.79 Å². The minimum Gasteiger partial charge on any atom is -0.361 e. The number of benzene rings is 1. The predicted molar refractivity (Wildman–Crippen MR) is 97.9 cm³/mol. The summed E-state index contributed by atoms with van der Waals surface area (Å²) in [5.41, 5.74) is 2.10. The fourth-order valence-electron chi connectivity index (χ4n) is 3.05. The van der Waals surface area contributed by atoms with Crippen molar-refractivity contribution >= 4 is 40.1 Å². The fourth-order valence-corrected chi connectivity index (χ4v) is 3.05. The van der Waals surface area contributed by atoms with Crippen LogP contribution in [-0.2, 0) is 9.59 Å². The summed E-state index contributed by atoms with van der Waals surface area (Å²) in [5.74, 6) is -1.16. The van der Waals surface area contributed by atoms with E-state index in [2.05, 4.69) is 15.3 Å². The number of aromatic amines is 1. The summed E-state index contributed by atoms with van der Waals surface area (Å²) >= 11 is 0. The van der Waals surface area contributed by atoms with Crippen LogP contribution < -0.4 is 5.32 Å². The Hall–Kier alpha value is -3.48. The number of nitrogens with zero attached hydrogens (tertiary/aromatic N) is 2. The van der Waals surface area contributed by atoms with Gasteiger partial charge >= 0.3 is 6.03 Å². The standard InChI is InChI=1S/C19H16N4O3/c24-17(21-13-5-6-15-12(11-13)7-9-20-15)8-10-23-18(25)14-3-1-2-4-16(14)22-19(23)26/h1-7,9,11,14,20H,8,10H2,(H,21,24). The highest BCUT2D eigenvalue weighted by atomic mass is 16.2. The number of imide groups is 1. The molecule has 0 saturated heterocycles. The summed E-state index contributed by atoms with van der Waals surface area (Å²) in [7, 11) is 0. The summed E-state index contributed by atoms with van der Waals surface area (Å²) in [4.78, 5) is 44.8. The molecule has 0 spiro atoms. The van der Waals surface area contributed by atoms with Gasteiger partial charge in [-0.15, -0.1) is 0 Å². The first-order valence-electron chi connectivity index (χ1n) is 8.27. The maximum Gasteiger partial charge on any atom is 0.350 e. The number of fused-ring (bicyclic) bond motifs is 2. The molecule has 2 aliphatic rings. The molecule has 0 radical (unpaired) electrons. The zero-order valence-electron chi connectivity index (χ0n) is 13.8. The van der Waals surface area contributed by atoms with E-state index in [4.69, 9.17) is 0 Å². The number of amides is 4. The smallest absolute Gasteiger partial charge is 0.350 e. The molecule has 0 saturated carbocycles. The Kier molecular flexibility index (Phi) is 3.96. The van der Waals surface area contributed by atoms with Gasteiger partial charge in [0.1, 0.15) is 0 Å². The first-order chi connectivity index (χ1) is 12.6. The lowest BCUT2D eigenvalue weighted by molar-refractivity contribution is -0.129. The molecule has 4 rings (SSSR count). The van der Waals surface area contributed by atoms with Gasteiger partial charge in [-0.3, -0.25) is 14.5 Å². The van der Waals surface area contributed by atoms with Crippen LogP contribution in [0.4, 0.5) is 10.5 Å². The van der Waals surface area contributed by atoms with Gasteiger partial charge in [-0.05, 0) is 30.3 Å². The van der Waals surface area contributed by atoms with Crippen LogP contribution in [0.1, 0.15) is 6.42 Å². The van der Waals surface area contributed by atoms with Crippen LogP contribution in [0.3, 0.4) is 0 Å². The van der Waals surface area contributed by atoms with Crippen LogP contribution in [0.25, 0.3) is 10.9 Å². The first kappa shape index (κ1) is 16.0. The van der Waals surface area contributed by atoms with Gasteiger partial charge in [0.2, 0.25) is 11.8 Å². The van der Waals surface area contributed by atoms with Gasteiger partial charge in [-0.1, -0.05) is 18.2 Å². The molecular weight excluding hydrogens is 332 g/mol. The monoisotopic (exact) mass is 348 g/mol. The number of carbonyl (C=O) groups excluding carboxylic acids is 3. The Morgan fingerprint density at radius 3 is 3.00 bits per heavy atom. The first-order valence-corrected chi connectivity index (χ1v) is 8.27. The second-order valence-electron chi connectivity index (χ2n) is 6.11. The lowest BCUT2D eigenvalue weighted by Crippen LogP contribution is -2.46. The Morgan fingerprint density at radius 2 is 2.12 bits per heavy atom. The number of allylic oxidation sites excluding steroid dienone is 3. The van der Waals surface area contributed by atoms with Crippen molar-refractivity contribution in [3.63, 3.8) is 0 Å². The number of nitrogens with one attached hydrogen (secondary N) is 2. The van der Waals surface area contributed by atoms with Crippen molar-refractivity contribution in [1.82, 2.24) is 9.88 Å². The fraction of sp³-hybridized carbons (Fsp3) is 0.158. The van der Waals surface area contributed by atoms with Gasteiger partial charge in [0.05, 0.1) is 11.6 Å². The van der Waals surface area contributed by atoms with Crippen molar-refractivity contribution in [1.29, 1.82) is 0 Å². The number of urea groups is 1. The van der Waals surface area contributed by atoms with Crippen LogP contribution >= 0.6 is 0 Å². The van der Waals surface area contributed by atoms with Crippen molar-refractivity contribution in [3.8, 4) is 0 Å². The number of rotatable bonds is 4. The van der Waals surface area contributed by atoms with Gasteiger partial charge in [-0.2, -0.15) is 4.99 Å². The van der Waals surface area contributed by atoms with Crippen LogP contribution in [0, 0.1) is 5.92 Å². The van der Waals surface area contributed by atoms with Gasteiger partial charge in [0.15, 0.2) is 0 Å². The summed E-state index contributed by atoms with van der Waals surface area (Å²) in [6.45, 7) is 0.000728. The maximum atomic E-state index is 12.5. The Labute approximate surface area is 149 Å². The molecule has 0 fully saturated rings. The normalized spacial score (nSPS) is 18.8. The number of H-pyrrole nitrogens is 1. The van der Waals surface area contributed by atoms with Gasteiger partial charge in [0, 0.05) is 35.8 Å². The van der Waals surface area contributed by atoms with Gasteiger partial charge < -0.3 is 10.3 Å². The zero-order valence-corrected chi connectivity index (χ0v) is 13.8. The Morgan fingerprint density at radius 1 is 1.23 bits per heavy atom. The van der Waals surface area contributed by atoms with Crippen molar-refractivity contribution in [2.75, 3.05) is 11.9 Å². The number of aromatic nitrogens is 1. The van der Waals surface area contributed by atoms with E-state index in [1.54, 1.807) is 30.4 Å². The topological polar surface area (TPSA) is 94.6 Å². The van der Waals surface area contributed by atoms with E-state index < -0.39 is 11.9 Å². The van der Waals surface area contributed by atoms with Crippen LogP contribution in [0.5, 0.6) is 0 Å². The molecule has 1 aromatic heterocycles. The molecule has 1 aliphatic carbocycles. The minimum absolute atomic E-state index is 0.000728. The molecule has 0 bridgehead atoms. The second kappa shape index (κ2) is 6.44. The molecule has 2 heterocycles. The highest BCUT2D eigenvalue weighted by Crippen LogP contribution is 2.20. The molecule has 130 valence electrons. The summed E-state index contributed by atoms with van der Waals surface area (Å²) in [6.07, 6.45) is 8.68. The quantitative estimate of drug-likeness (QED) is 0.889. The van der Waals surface area contributed by atoms with Crippen molar-refractivity contribution in [3.05, 3.63) is 54.8 Å². The number of aliphatic imine (C=N–C) groups is 1. The lowest BCUT2D eigenvalue weighted by Gasteiger charge is -2.28. The third-order valence-electron chi connectivity index (χ3n) is 4.39. The van der Waals surface area contributed by atoms with Crippen molar-refractivity contribution in [2.24, 2.45) is 10.9 Å². The summed E-state index contributed by atoms with van der Waals surface area (Å²) in [6, 6.07) is 6.82. The Balaban J connectivity index is 1.40. The highest BCUT2D eigenvalue weighted by molar-refractivity contribution is 6.21. The minimum atomic E-state index is -0.622. The average Bonchev–Trinajstić information content (AvgIpc) is 3.09. The third kappa shape index (κ3) is 2.95. The largest absolute Gasteiger partial charge is 0.361 e.